The quantitative estimate of drug-likeness (QED) is 0.742. The van der Waals surface area contributed by atoms with Gasteiger partial charge in [-0.05, 0) is 43.9 Å². The first-order chi connectivity index (χ1) is 10.9. The average molecular weight is 421 g/mol. The number of hydrogen-bond acceptors (Lipinski definition) is 3. The van der Waals surface area contributed by atoms with Crippen LogP contribution in [0.15, 0.2) is 27.6 Å². The molecule has 0 bridgehead atoms. The lowest BCUT2D eigenvalue weighted by Gasteiger charge is -2.32. The van der Waals surface area contributed by atoms with Crippen LogP contribution in [0.3, 0.4) is 0 Å². The Hall–Kier alpha value is -0.430. The predicted octanol–water partition coefficient (Wildman–Crippen LogP) is 4.01. The number of carbonyl (C=O) groups is 1. The van der Waals surface area contributed by atoms with Crippen molar-refractivity contribution in [1.29, 1.82) is 0 Å². The molecule has 1 heterocycles. The largest absolute Gasteiger partial charge is 0.299 e. The zero-order valence-corrected chi connectivity index (χ0v) is 15.8. The molecule has 0 unspecified atom stereocenters. The van der Waals surface area contributed by atoms with Gasteiger partial charge in [-0.15, -0.1) is 0 Å². The first-order valence-electron chi connectivity index (χ1n) is 7.91. The number of halogens is 2. The van der Waals surface area contributed by atoms with E-state index in [1.165, 1.54) is 10.4 Å². The van der Waals surface area contributed by atoms with Gasteiger partial charge in [-0.1, -0.05) is 34.0 Å². The molecule has 1 aliphatic heterocycles. The first-order valence-corrected chi connectivity index (χ1v) is 10.5. The maximum atomic E-state index is 13.0. The highest BCUT2D eigenvalue weighted by Crippen LogP contribution is 2.37. The third kappa shape index (κ3) is 3.36. The fourth-order valence-corrected chi connectivity index (χ4v) is 6.44. The Labute approximate surface area is 150 Å². The molecular formula is C16H19BrClNO3S. The molecule has 2 fully saturated rings. The van der Waals surface area contributed by atoms with Crippen LogP contribution in [0.25, 0.3) is 0 Å². The van der Waals surface area contributed by atoms with Crippen LogP contribution < -0.4 is 0 Å². The van der Waals surface area contributed by atoms with Crippen LogP contribution in [-0.2, 0) is 14.8 Å². The Morgan fingerprint density at radius 2 is 1.96 bits per heavy atom. The number of carbonyl (C=O) groups excluding carboxylic acids is 1. The van der Waals surface area contributed by atoms with E-state index in [2.05, 4.69) is 15.9 Å². The van der Waals surface area contributed by atoms with E-state index in [9.17, 15) is 13.2 Å². The maximum absolute atomic E-state index is 13.0. The van der Waals surface area contributed by atoms with Crippen LogP contribution in [0.1, 0.15) is 38.5 Å². The van der Waals surface area contributed by atoms with Crippen molar-refractivity contribution >= 4 is 43.3 Å². The topological polar surface area (TPSA) is 54.5 Å². The van der Waals surface area contributed by atoms with Gasteiger partial charge in [0, 0.05) is 29.4 Å². The summed E-state index contributed by atoms with van der Waals surface area (Å²) in [6.45, 7) is 0.461. The highest BCUT2D eigenvalue weighted by molar-refractivity contribution is 9.10. The predicted molar refractivity (Wildman–Crippen MR) is 93.0 cm³/mol. The molecule has 23 heavy (non-hydrogen) atoms. The maximum Gasteiger partial charge on any atom is 0.244 e. The summed E-state index contributed by atoms with van der Waals surface area (Å²) in [6, 6.07) is 4.58. The van der Waals surface area contributed by atoms with E-state index < -0.39 is 10.0 Å². The van der Waals surface area contributed by atoms with Gasteiger partial charge in [0.15, 0.2) is 0 Å². The van der Waals surface area contributed by atoms with Gasteiger partial charge in [-0.2, -0.15) is 4.31 Å². The summed E-state index contributed by atoms with van der Waals surface area (Å²) in [6.07, 6.45) is 4.84. The second-order valence-electron chi connectivity index (χ2n) is 6.22. The molecule has 2 aliphatic rings. The van der Waals surface area contributed by atoms with Crippen LogP contribution in [0.4, 0.5) is 0 Å². The van der Waals surface area contributed by atoms with Crippen molar-refractivity contribution in [2.75, 3.05) is 6.54 Å². The Morgan fingerprint density at radius 3 is 2.65 bits per heavy atom. The summed E-state index contributed by atoms with van der Waals surface area (Å²) < 4.78 is 28.3. The molecule has 0 amide bonds. The Morgan fingerprint density at radius 1 is 1.17 bits per heavy atom. The van der Waals surface area contributed by atoms with Crippen molar-refractivity contribution in [2.24, 2.45) is 5.92 Å². The molecule has 4 nitrogen and oxygen atoms in total. The number of benzene rings is 1. The zero-order valence-electron chi connectivity index (χ0n) is 12.7. The highest BCUT2D eigenvalue weighted by Gasteiger charge is 2.43. The molecule has 2 atom stereocenters. The summed E-state index contributed by atoms with van der Waals surface area (Å²) in [5.74, 6) is 0.0560. The number of rotatable bonds is 3. The monoisotopic (exact) mass is 419 g/mol. The third-order valence-corrected chi connectivity index (χ3v) is 7.70. The standard InChI is InChI=1S/C16H19BrClNO3S/c17-11-7-8-16(13(18)10-11)23(21,22)19-9-3-5-14(19)12-4-1-2-6-15(12)20/h7-8,10,12,14H,1-6,9H2/t12-,14-/m0/s1. The summed E-state index contributed by atoms with van der Waals surface area (Å²) in [4.78, 5) is 12.4. The molecule has 0 radical (unpaired) electrons. The molecular weight excluding hydrogens is 402 g/mol. The highest BCUT2D eigenvalue weighted by atomic mass is 79.9. The second kappa shape index (κ2) is 6.82. The molecule has 1 aromatic rings. The van der Waals surface area contributed by atoms with E-state index in [4.69, 9.17) is 11.6 Å². The Kier molecular flexibility index (Phi) is 5.16. The lowest BCUT2D eigenvalue weighted by molar-refractivity contribution is -0.126. The Balaban J connectivity index is 1.93. The van der Waals surface area contributed by atoms with Crippen LogP contribution in [0.2, 0.25) is 5.02 Å². The van der Waals surface area contributed by atoms with E-state index in [1.807, 2.05) is 0 Å². The molecule has 0 spiro atoms. The van der Waals surface area contributed by atoms with E-state index in [0.717, 1.165) is 36.6 Å². The minimum absolute atomic E-state index is 0.123. The molecule has 1 saturated heterocycles. The van der Waals surface area contributed by atoms with Gasteiger partial charge in [0.2, 0.25) is 10.0 Å². The van der Waals surface area contributed by atoms with Gasteiger partial charge >= 0.3 is 0 Å². The molecule has 1 aliphatic carbocycles. The van der Waals surface area contributed by atoms with E-state index >= 15 is 0 Å². The molecule has 1 saturated carbocycles. The molecule has 1 aromatic carbocycles. The van der Waals surface area contributed by atoms with Crippen LogP contribution in [-0.4, -0.2) is 31.1 Å². The summed E-state index contributed by atoms with van der Waals surface area (Å²) in [5.41, 5.74) is 0. The van der Waals surface area contributed by atoms with Crippen molar-refractivity contribution < 1.29 is 13.2 Å². The number of nitrogens with zero attached hydrogens (tertiary/aromatic N) is 1. The molecule has 3 rings (SSSR count). The fraction of sp³-hybridized carbons (Fsp3) is 0.562. The van der Waals surface area contributed by atoms with Gasteiger partial charge in [-0.3, -0.25) is 4.79 Å². The van der Waals surface area contributed by atoms with Gasteiger partial charge < -0.3 is 0 Å². The normalized spacial score (nSPS) is 26.6. The smallest absolute Gasteiger partial charge is 0.244 e. The number of Topliss-reactive ketones (excluding diaryl/α,β-unsaturated/α-hetero) is 1. The van der Waals surface area contributed by atoms with Gasteiger partial charge in [0.25, 0.3) is 0 Å². The van der Waals surface area contributed by atoms with Crippen molar-refractivity contribution in [3.8, 4) is 0 Å². The lowest BCUT2D eigenvalue weighted by Crippen LogP contribution is -2.43. The lowest BCUT2D eigenvalue weighted by atomic mass is 9.82. The van der Waals surface area contributed by atoms with Crippen LogP contribution in [0.5, 0.6) is 0 Å². The molecule has 7 heteroatoms. The number of hydrogen-bond donors (Lipinski definition) is 0. The first kappa shape index (κ1) is 17.4. The fourth-order valence-electron chi connectivity index (χ4n) is 3.69. The second-order valence-corrected chi connectivity index (χ2v) is 9.40. The van der Waals surface area contributed by atoms with Gasteiger partial charge in [0.05, 0.1) is 5.02 Å². The van der Waals surface area contributed by atoms with Crippen molar-refractivity contribution in [3.05, 3.63) is 27.7 Å². The summed E-state index contributed by atoms with van der Waals surface area (Å²) in [7, 11) is -3.68. The van der Waals surface area contributed by atoms with E-state index in [1.54, 1.807) is 12.1 Å². The SMILES string of the molecule is O=C1CCCC[C@H]1[C@@H]1CCCN1S(=O)(=O)c1ccc(Br)cc1Cl. The minimum Gasteiger partial charge on any atom is -0.299 e. The van der Waals surface area contributed by atoms with Gasteiger partial charge in [-0.25, -0.2) is 8.42 Å². The van der Waals surface area contributed by atoms with Crippen molar-refractivity contribution in [1.82, 2.24) is 4.31 Å². The number of ketones is 1. The van der Waals surface area contributed by atoms with Crippen molar-refractivity contribution in [3.63, 3.8) is 0 Å². The zero-order chi connectivity index (χ0) is 16.6. The van der Waals surface area contributed by atoms with E-state index in [-0.39, 0.29) is 27.7 Å². The van der Waals surface area contributed by atoms with Crippen LogP contribution in [0, 0.1) is 5.92 Å². The Bertz CT molecular complexity index is 722. The van der Waals surface area contributed by atoms with Gasteiger partial charge in [0.1, 0.15) is 10.7 Å². The third-order valence-electron chi connectivity index (χ3n) is 4.80. The minimum atomic E-state index is -3.68. The molecule has 0 aromatic heterocycles. The van der Waals surface area contributed by atoms with Crippen molar-refractivity contribution in [2.45, 2.75) is 49.5 Å². The molecule has 126 valence electrons. The summed E-state index contributed by atoms with van der Waals surface area (Å²) in [5, 5.41) is 0.208. The summed E-state index contributed by atoms with van der Waals surface area (Å²) >= 11 is 9.44. The average Bonchev–Trinajstić information content (AvgIpc) is 2.97. The molecule has 0 N–H and O–H groups in total. The van der Waals surface area contributed by atoms with E-state index in [0.29, 0.717) is 13.0 Å². The number of sulfonamides is 1. The van der Waals surface area contributed by atoms with Crippen LogP contribution >= 0.6 is 27.5 Å².